The van der Waals surface area contributed by atoms with Gasteiger partial charge in [0, 0.05) is 16.3 Å². The van der Waals surface area contributed by atoms with E-state index in [2.05, 4.69) is 0 Å². The number of rotatable bonds is 4. The molecule has 1 fully saturated rings. The van der Waals surface area contributed by atoms with E-state index in [1.54, 1.807) is 61.5 Å². The molecule has 0 bridgehead atoms. The second-order valence-electron chi connectivity index (χ2n) is 7.31. The molecule has 3 aromatic carbocycles. The first-order chi connectivity index (χ1) is 15.3. The van der Waals surface area contributed by atoms with Gasteiger partial charge in [0.1, 0.15) is 11.5 Å². The maximum Gasteiger partial charge on any atom is 0.300 e. The standard InChI is InChI=1S/C25H19Cl2NO4/c1-14-18(26)9-6-10-20(14)28-22(15-7-4-3-5-8-15)21(24(30)25(28)31)23(29)17-13-16(32-2)11-12-19(17)27/h3-13,22,29H,1-2H3/b23-21+. The molecule has 1 heterocycles. The molecule has 0 aromatic heterocycles. The zero-order chi connectivity index (χ0) is 23.0. The normalized spacial score (nSPS) is 17.6. The molecule has 1 N–H and O–H groups in total. The second-order valence-corrected chi connectivity index (χ2v) is 8.12. The van der Waals surface area contributed by atoms with Gasteiger partial charge in [0.15, 0.2) is 0 Å². The number of aliphatic hydroxyl groups is 1. The van der Waals surface area contributed by atoms with Crippen LogP contribution in [0.4, 0.5) is 5.69 Å². The number of aliphatic hydroxyl groups excluding tert-OH is 1. The molecule has 1 aliphatic rings. The van der Waals surface area contributed by atoms with Gasteiger partial charge in [-0.2, -0.15) is 0 Å². The van der Waals surface area contributed by atoms with Crippen molar-refractivity contribution in [3.8, 4) is 5.75 Å². The molecule has 32 heavy (non-hydrogen) atoms. The summed E-state index contributed by atoms with van der Waals surface area (Å²) in [7, 11) is 1.48. The van der Waals surface area contributed by atoms with Crippen LogP contribution in [-0.4, -0.2) is 23.9 Å². The highest BCUT2D eigenvalue weighted by atomic mass is 35.5. The van der Waals surface area contributed by atoms with Crippen LogP contribution in [0.2, 0.25) is 10.0 Å². The van der Waals surface area contributed by atoms with Crippen LogP contribution in [0.5, 0.6) is 5.75 Å². The summed E-state index contributed by atoms with van der Waals surface area (Å²) in [6, 6.07) is 18.0. The average Bonchev–Trinajstić information content (AvgIpc) is 3.06. The Kier molecular flexibility index (Phi) is 5.96. The van der Waals surface area contributed by atoms with E-state index in [0.29, 0.717) is 27.6 Å². The molecule has 1 aliphatic heterocycles. The van der Waals surface area contributed by atoms with Crippen molar-refractivity contribution in [2.75, 3.05) is 12.0 Å². The van der Waals surface area contributed by atoms with Crippen molar-refractivity contribution < 1.29 is 19.4 Å². The zero-order valence-electron chi connectivity index (χ0n) is 17.3. The van der Waals surface area contributed by atoms with E-state index >= 15 is 0 Å². The van der Waals surface area contributed by atoms with Gasteiger partial charge in [0.2, 0.25) is 0 Å². The fourth-order valence-electron chi connectivity index (χ4n) is 3.85. The molecule has 3 aromatic rings. The number of nitrogens with zero attached hydrogens (tertiary/aromatic N) is 1. The molecule has 1 saturated heterocycles. The zero-order valence-corrected chi connectivity index (χ0v) is 18.8. The third-order valence-electron chi connectivity index (χ3n) is 5.49. The lowest BCUT2D eigenvalue weighted by atomic mass is 9.95. The van der Waals surface area contributed by atoms with Gasteiger partial charge in [0.05, 0.1) is 23.7 Å². The number of amides is 1. The fourth-order valence-corrected chi connectivity index (χ4v) is 4.22. The summed E-state index contributed by atoms with van der Waals surface area (Å²) >= 11 is 12.6. The molecule has 0 radical (unpaired) electrons. The van der Waals surface area contributed by atoms with E-state index in [1.165, 1.54) is 18.1 Å². The Labute approximate surface area is 195 Å². The third kappa shape index (κ3) is 3.64. The Morgan fingerprint density at radius 2 is 1.69 bits per heavy atom. The van der Waals surface area contributed by atoms with E-state index in [9.17, 15) is 14.7 Å². The lowest BCUT2D eigenvalue weighted by molar-refractivity contribution is -0.132. The number of carbonyl (C=O) groups excluding carboxylic acids is 2. The quantitative estimate of drug-likeness (QED) is 0.293. The first kappa shape index (κ1) is 21.9. The number of hydrogen-bond donors (Lipinski definition) is 1. The Morgan fingerprint density at radius 1 is 0.969 bits per heavy atom. The lowest BCUT2D eigenvalue weighted by Crippen LogP contribution is -2.30. The number of methoxy groups -OCH3 is 1. The minimum atomic E-state index is -0.865. The van der Waals surface area contributed by atoms with Gasteiger partial charge in [-0.15, -0.1) is 0 Å². The first-order valence-electron chi connectivity index (χ1n) is 9.80. The maximum absolute atomic E-state index is 13.2. The van der Waals surface area contributed by atoms with Gasteiger partial charge in [-0.25, -0.2) is 0 Å². The number of ketones is 1. The molecule has 0 spiro atoms. The van der Waals surface area contributed by atoms with Gasteiger partial charge in [-0.1, -0.05) is 59.6 Å². The smallest absolute Gasteiger partial charge is 0.300 e. The van der Waals surface area contributed by atoms with Crippen LogP contribution < -0.4 is 9.64 Å². The molecule has 0 saturated carbocycles. The number of hydrogen-bond acceptors (Lipinski definition) is 4. The second kappa shape index (κ2) is 8.69. The van der Waals surface area contributed by atoms with Crippen LogP contribution in [-0.2, 0) is 9.59 Å². The van der Waals surface area contributed by atoms with Crippen molar-refractivity contribution in [3.63, 3.8) is 0 Å². The van der Waals surface area contributed by atoms with Gasteiger partial charge in [-0.3, -0.25) is 14.5 Å². The minimum absolute atomic E-state index is 0.0595. The topological polar surface area (TPSA) is 66.8 Å². The Hall–Kier alpha value is -3.28. The van der Waals surface area contributed by atoms with E-state index in [-0.39, 0.29) is 21.9 Å². The van der Waals surface area contributed by atoms with E-state index in [1.807, 2.05) is 6.07 Å². The van der Waals surface area contributed by atoms with Crippen LogP contribution in [0, 0.1) is 6.92 Å². The van der Waals surface area contributed by atoms with Crippen molar-refractivity contribution in [2.24, 2.45) is 0 Å². The Balaban J connectivity index is 2.00. The predicted octanol–water partition coefficient (Wildman–Crippen LogP) is 5.94. The van der Waals surface area contributed by atoms with Crippen molar-refractivity contribution >= 4 is 46.3 Å². The van der Waals surface area contributed by atoms with Crippen LogP contribution in [0.3, 0.4) is 0 Å². The van der Waals surface area contributed by atoms with E-state index < -0.39 is 17.7 Å². The summed E-state index contributed by atoms with van der Waals surface area (Å²) in [5, 5.41) is 11.9. The highest BCUT2D eigenvalue weighted by molar-refractivity contribution is 6.52. The summed E-state index contributed by atoms with van der Waals surface area (Å²) < 4.78 is 5.23. The Bertz CT molecular complexity index is 1250. The largest absolute Gasteiger partial charge is 0.507 e. The number of ether oxygens (including phenoxy) is 1. The van der Waals surface area contributed by atoms with E-state index in [4.69, 9.17) is 27.9 Å². The number of anilines is 1. The lowest BCUT2D eigenvalue weighted by Gasteiger charge is -2.27. The molecule has 7 heteroatoms. The van der Waals surface area contributed by atoms with Gasteiger partial charge >= 0.3 is 0 Å². The molecular formula is C25H19Cl2NO4. The monoisotopic (exact) mass is 467 g/mol. The molecule has 4 rings (SSSR count). The summed E-state index contributed by atoms with van der Waals surface area (Å²) in [5.41, 5.74) is 1.94. The highest BCUT2D eigenvalue weighted by Gasteiger charge is 2.47. The summed E-state index contributed by atoms with van der Waals surface area (Å²) in [6.07, 6.45) is 0. The highest BCUT2D eigenvalue weighted by Crippen LogP contribution is 2.44. The van der Waals surface area contributed by atoms with Crippen LogP contribution in [0.15, 0.2) is 72.3 Å². The molecular weight excluding hydrogens is 449 g/mol. The predicted molar refractivity (Wildman–Crippen MR) is 125 cm³/mol. The van der Waals surface area contributed by atoms with E-state index in [0.717, 1.165) is 0 Å². The maximum atomic E-state index is 13.2. The Morgan fingerprint density at radius 3 is 2.38 bits per heavy atom. The molecule has 1 unspecified atom stereocenters. The van der Waals surface area contributed by atoms with Crippen molar-refractivity contribution in [2.45, 2.75) is 13.0 Å². The molecule has 5 nitrogen and oxygen atoms in total. The fraction of sp³-hybridized carbons (Fsp3) is 0.120. The van der Waals surface area contributed by atoms with Crippen LogP contribution in [0.25, 0.3) is 5.76 Å². The number of Topliss-reactive ketones (excluding diaryl/α,β-unsaturated/α-hetero) is 1. The SMILES string of the molecule is COc1ccc(Cl)c(/C(O)=C2\C(=O)C(=O)N(c3cccc(Cl)c3C)C2c2ccccc2)c1. The van der Waals surface area contributed by atoms with Crippen LogP contribution >= 0.6 is 23.2 Å². The van der Waals surface area contributed by atoms with Crippen molar-refractivity contribution in [1.82, 2.24) is 0 Å². The van der Waals surface area contributed by atoms with Crippen molar-refractivity contribution in [1.29, 1.82) is 0 Å². The molecule has 162 valence electrons. The van der Waals surface area contributed by atoms with Gasteiger partial charge in [0.25, 0.3) is 11.7 Å². The van der Waals surface area contributed by atoms with Crippen LogP contribution in [0.1, 0.15) is 22.7 Å². The number of halogens is 2. The molecule has 1 atom stereocenters. The summed E-state index contributed by atoms with van der Waals surface area (Å²) in [4.78, 5) is 27.8. The number of benzene rings is 3. The molecule has 0 aliphatic carbocycles. The average molecular weight is 468 g/mol. The number of carbonyl (C=O) groups is 2. The first-order valence-corrected chi connectivity index (χ1v) is 10.6. The van der Waals surface area contributed by atoms with Crippen molar-refractivity contribution in [3.05, 3.63) is 99.0 Å². The molecule has 1 amide bonds. The van der Waals surface area contributed by atoms with Gasteiger partial charge in [-0.05, 0) is 48.4 Å². The summed E-state index contributed by atoms with van der Waals surface area (Å²) in [6.45, 7) is 1.78. The van der Waals surface area contributed by atoms with Gasteiger partial charge < -0.3 is 9.84 Å². The third-order valence-corrected chi connectivity index (χ3v) is 6.23. The summed E-state index contributed by atoms with van der Waals surface area (Å²) in [5.74, 6) is -1.49. The minimum Gasteiger partial charge on any atom is -0.507 e.